The van der Waals surface area contributed by atoms with Crippen molar-refractivity contribution in [2.24, 2.45) is 0 Å². The van der Waals surface area contributed by atoms with E-state index in [1.165, 1.54) is 0 Å². The highest BCUT2D eigenvalue weighted by molar-refractivity contribution is 9.09. The second-order valence-corrected chi connectivity index (χ2v) is 6.33. The van der Waals surface area contributed by atoms with E-state index in [0.717, 1.165) is 16.7 Å². The molecule has 0 N–H and O–H groups in total. The fourth-order valence-electron chi connectivity index (χ4n) is 1.78. The van der Waals surface area contributed by atoms with Crippen LogP contribution in [0.2, 0.25) is 0 Å². The van der Waals surface area contributed by atoms with Crippen molar-refractivity contribution in [2.45, 2.75) is 32.8 Å². The van der Waals surface area contributed by atoms with Gasteiger partial charge in [-0.2, -0.15) is 0 Å². The molecule has 0 aliphatic carbocycles. The first-order valence-corrected chi connectivity index (χ1v) is 7.81. The summed E-state index contributed by atoms with van der Waals surface area (Å²) >= 11 is 3.23. The zero-order chi connectivity index (χ0) is 15.2. The normalized spacial score (nSPS) is 11.7. The van der Waals surface area contributed by atoms with Crippen LogP contribution in [0.3, 0.4) is 0 Å². The van der Waals surface area contributed by atoms with E-state index in [9.17, 15) is 4.79 Å². The average molecular weight is 343 g/mol. The Labute approximate surface area is 129 Å². The van der Waals surface area contributed by atoms with Crippen molar-refractivity contribution in [1.29, 1.82) is 0 Å². The maximum Gasteiger partial charge on any atom is 0.173 e. The van der Waals surface area contributed by atoms with Gasteiger partial charge in [0.15, 0.2) is 5.78 Å². The minimum atomic E-state index is 0.00385. The van der Waals surface area contributed by atoms with Crippen molar-refractivity contribution in [3.05, 3.63) is 34.9 Å². The van der Waals surface area contributed by atoms with E-state index < -0.39 is 0 Å². The molecule has 0 saturated heterocycles. The average Bonchev–Trinajstić information content (AvgIpc) is 2.41. The molecular weight excluding hydrogens is 320 g/mol. The molecule has 0 atom stereocenters. The summed E-state index contributed by atoms with van der Waals surface area (Å²) in [5.41, 5.74) is 2.91. The summed E-state index contributed by atoms with van der Waals surface area (Å²) in [6, 6.07) is 5.99. The molecule has 0 unspecified atom stereocenters. The van der Waals surface area contributed by atoms with Crippen molar-refractivity contribution in [1.82, 2.24) is 0 Å². The summed E-state index contributed by atoms with van der Waals surface area (Å²) in [5, 5.41) is 0.338. The van der Waals surface area contributed by atoms with E-state index in [-0.39, 0.29) is 11.2 Å². The van der Waals surface area contributed by atoms with Crippen LogP contribution in [-0.4, -0.2) is 31.4 Å². The molecule has 20 heavy (non-hydrogen) atoms. The molecule has 0 amide bonds. The first-order valence-electron chi connectivity index (χ1n) is 6.68. The largest absolute Gasteiger partial charge is 0.382 e. The monoisotopic (exact) mass is 342 g/mol. The number of methoxy groups -OCH3 is 1. The van der Waals surface area contributed by atoms with Crippen LogP contribution >= 0.6 is 15.9 Å². The van der Waals surface area contributed by atoms with Gasteiger partial charge in [-0.1, -0.05) is 42.8 Å². The minimum absolute atomic E-state index is 0.00385. The third kappa shape index (κ3) is 5.35. The Hall–Kier alpha value is -0.710. The number of Topliss-reactive ketones (excluding diaryl/α,β-unsaturated/α-hetero) is 1. The molecule has 0 aliphatic rings. The molecule has 0 bridgehead atoms. The number of alkyl halides is 1. The summed E-state index contributed by atoms with van der Waals surface area (Å²) in [4.78, 5) is 11.9. The Bertz CT molecular complexity index is 450. The first kappa shape index (κ1) is 17.3. The third-order valence-corrected chi connectivity index (χ3v) is 3.51. The van der Waals surface area contributed by atoms with E-state index in [2.05, 4.69) is 42.8 Å². The summed E-state index contributed by atoms with van der Waals surface area (Å²) in [6.45, 7) is 8.04. The Morgan fingerprint density at radius 1 is 1.20 bits per heavy atom. The molecule has 0 aromatic heterocycles. The van der Waals surface area contributed by atoms with Crippen molar-refractivity contribution in [2.75, 3.05) is 25.7 Å². The minimum Gasteiger partial charge on any atom is -0.382 e. The molecule has 0 fully saturated rings. The molecule has 3 nitrogen and oxygen atoms in total. The van der Waals surface area contributed by atoms with E-state index in [0.29, 0.717) is 25.2 Å². The van der Waals surface area contributed by atoms with E-state index >= 15 is 0 Å². The van der Waals surface area contributed by atoms with Gasteiger partial charge in [-0.3, -0.25) is 4.79 Å². The van der Waals surface area contributed by atoms with Gasteiger partial charge in [0.25, 0.3) is 0 Å². The maximum absolute atomic E-state index is 11.9. The molecule has 0 saturated carbocycles. The van der Waals surface area contributed by atoms with Crippen LogP contribution in [0, 0.1) is 0 Å². The number of hydrogen-bond donors (Lipinski definition) is 0. The number of halogens is 1. The molecule has 1 aromatic rings. The summed E-state index contributed by atoms with van der Waals surface area (Å²) in [7, 11) is 1.65. The van der Waals surface area contributed by atoms with Gasteiger partial charge < -0.3 is 9.47 Å². The molecule has 0 aliphatic heterocycles. The van der Waals surface area contributed by atoms with Gasteiger partial charge in [-0.05, 0) is 28.7 Å². The van der Waals surface area contributed by atoms with Crippen LogP contribution in [-0.2, 0) is 21.5 Å². The van der Waals surface area contributed by atoms with Crippen LogP contribution in [0.1, 0.15) is 42.3 Å². The first-order chi connectivity index (χ1) is 9.38. The third-order valence-electron chi connectivity index (χ3n) is 3.00. The van der Waals surface area contributed by atoms with Gasteiger partial charge in [-0.25, -0.2) is 0 Å². The number of hydrogen-bond acceptors (Lipinski definition) is 3. The molecule has 112 valence electrons. The van der Waals surface area contributed by atoms with Gasteiger partial charge in [0.1, 0.15) is 0 Å². The molecule has 0 radical (unpaired) electrons. The van der Waals surface area contributed by atoms with Crippen molar-refractivity contribution >= 4 is 21.7 Å². The molecule has 0 spiro atoms. The fourth-order valence-corrected chi connectivity index (χ4v) is 2.10. The molecule has 4 heteroatoms. The highest BCUT2D eigenvalue weighted by Crippen LogP contribution is 2.25. The van der Waals surface area contributed by atoms with Gasteiger partial charge in [0.05, 0.1) is 25.2 Å². The lowest BCUT2D eigenvalue weighted by molar-refractivity contribution is 0.0616. The van der Waals surface area contributed by atoms with Gasteiger partial charge >= 0.3 is 0 Å². The van der Waals surface area contributed by atoms with Crippen LogP contribution in [0.15, 0.2) is 18.2 Å². The smallest absolute Gasteiger partial charge is 0.173 e. The predicted molar refractivity (Wildman–Crippen MR) is 84.8 cm³/mol. The summed E-state index contributed by atoms with van der Waals surface area (Å²) in [6.07, 6.45) is 0. The van der Waals surface area contributed by atoms with Crippen molar-refractivity contribution < 1.29 is 14.3 Å². The van der Waals surface area contributed by atoms with Gasteiger partial charge in [0.2, 0.25) is 0 Å². The SMILES string of the molecule is COCCOCc1cc(C(=O)CBr)cc(C(C)(C)C)c1. The van der Waals surface area contributed by atoms with Crippen LogP contribution in [0.25, 0.3) is 0 Å². The Kier molecular flexibility index (Phi) is 6.86. The lowest BCUT2D eigenvalue weighted by atomic mass is 9.84. The molecular formula is C16H23BrO3. The van der Waals surface area contributed by atoms with Crippen LogP contribution < -0.4 is 0 Å². The number of benzene rings is 1. The number of rotatable bonds is 7. The van der Waals surface area contributed by atoms with E-state index in [4.69, 9.17) is 9.47 Å². The second kappa shape index (κ2) is 7.91. The number of carbonyl (C=O) groups is 1. The topological polar surface area (TPSA) is 35.5 Å². The highest BCUT2D eigenvalue weighted by atomic mass is 79.9. The predicted octanol–water partition coefficient (Wildman–Crippen LogP) is 3.72. The van der Waals surface area contributed by atoms with E-state index in [1.54, 1.807) is 7.11 Å². The fraction of sp³-hybridized carbons (Fsp3) is 0.562. The summed E-state index contributed by atoms with van der Waals surface area (Å²) < 4.78 is 10.5. The second-order valence-electron chi connectivity index (χ2n) is 5.77. The maximum atomic E-state index is 11.9. The number of ether oxygens (including phenoxy) is 2. The lowest BCUT2D eigenvalue weighted by Crippen LogP contribution is -2.14. The quantitative estimate of drug-likeness (QED) is 0.430. The van der Waals surface area contributed by atoms with Gasteiger partial charge in [0, 0.05) is 12.7 Å². The van der Waals surface area contributed by atoms with Crippen molar-refractivity contribution in [3.63, 3.8) is 0 Å². The standard InChI is InChI=1S/C16H23BrO3/c1-16(2,3)14-8-12(11-20-6-5-19-4)7-13(9-14)15(18)10-17/h7-9H,5-6,10-11H2,1-4H3. The lowest BCUT2D eigenvalue weighted by Gasteiger charge is -2.21. The Balaban J connectivity index is 2.95. The van der Waals surface area contributed by atoms with Crippen LogP contribution in [0.4, 0.5) is 0 Å². The zero-order valence-electron chi connectivity index (χ0n) is 12.7. The molecule has 0 heterocycles. The number of ketones is 1. The molecule has 1 aromatic carbocycles. The Morgan fingerprint density at radius 2 is 1.90 bits per heavy atom. The zero-order valence-corrected chi connectivity index (χ0v) is 14.2. The molecule has 1 rings (SSSR count). The van der Waals surface area contributed by atoms with Crippen molar-refractivity contribution in [3.8, 4) is 0 Å². The van der Waals surface area contributed by atoms with Gasteiger partial charge in [-0.15, -0.1) is 0 Å². The van der Waals surface area contributed by atoms with E-state index in [1.807, 2.05) is 12.1 Å². The Morgan fingerprint density at radius 3 is 2.45 bits per heavy atom. The van der Waals surface area contributed by atoms with Crippen LogP contribution in [0.5, 0.6) is 0 Å². The summed E-state index contributed by atoms with van der Waals surface area (Å²) in [5.74, 6) is 0.0919. The highest BCUT2D eigenvalue weighted by Gasteiger charge is 2.17. The number of carbonyl (C=O) groups excluding carboxylic acids is 1.